The standard InChI is InChI=1S/C15H20N4O3S.2C2H4O2.CHN/c1-2-7-23-15(20)21-8-10-3-6-13(22-10)11-4-5-12-14(16)17-9-18-19(11)12;2*1-2(3)4;1-2/h4-5,9-10,13H,2-3,6-8H2,1H3,(H2,16,17,18);2*1H3,(H,3,4);1H. The van der Waals surface area contributed by atoms with Crippen LogP contribution >= 0.6 is 11.8 Å². The summed E-state index contributed by atoms with van der Waals surface area (Å²) in [7, 11) is 0. The molecule has 33 heavy (non-hydrogen) atoms. The number of hydrogen-bond donors (Lipinski definition) is 3. The van der Waals surface area contributed by atoms with Crippen LogP contribution in [0.15, 0.2) is 18.5 Å². The summed E-state index contributed by atoms with van der Waals surface area (Å²) in [6.45, 7) is 8.00. The third-order valence-corrected chi connectivity index (χ3v) is 4.73. The highest BCUT2D eigenvalue weighted by atomic mass is 32.2. The molecule has 1 fully saturated rings. The van der Waals surface area contributed by atoms with Gasteiger partial charge < -0.3 is 25.4 Å². The van der Waals surface area contributed by atoms with Crippen molar-refractivity contribution in [3.05, 3.63) is 24.2 Å². The van der Waals surface area contributed by atoms with Crippen molar-refractivity contribution in [1.82, 2.24) is 14.6 Å². The summed E-state index contributed by atoms with van der Waals surface area (Å²) in [5.41, 5.74) is 7.57. The summed E-state index contributed by atoms with van der Waals surface area (Å²) < 4.78 is 13.0. The maximum Gasteiger partial charge on any atom is 0.367 e. The van der Waals surface area contributed by atoms with E-state index in [1.807, 2.05) is 19.1 Å². The number of aliphatic carboxylic acids is 2. The minimum absolute atomic E-state index is 0.0706. The lowest BCUT2D eigenvalue weighted by atomic mass is 10.1. The van der Waals surface area contributed by atoms with E-state index in [0.717, 1.165) is 50.1 Å². The van der Waals surface area contributed by atoms with E-state index in [9.17, 15) is 4.79 Å². The summed E-state index contributed by atoms with van der Waals surface area (Å²) in [5.74, 6) is -0.438. The van der Waals surface area contributed by atoms with Crippen molar-refractivity contribution in [1.29, 1.82) is 5.26 Å². The lowest BCUT2D eigenvalue weighted by molar-refractivity contribution is -0.135. The number of thioether (sulfide) groups is 1. The molecular weight excluding hydrogens is 454 g/mol. The van der Waals surface area contributed by atoms with Gasteiger partial charge >= 0.3 is 5.30 Å². The second-order valence-corrected chi connectivity index (χ2v) is 7.50. The van der Waals surface area contributed by atoms with Gasteiger partial charge in [-0.15, -0.1) is 0 Å². The van der Waals surface area contributed by atoms with Crippen LogP contribution in [0.4, 0.5) is 10.6 Å². The molecule has 1 aliphatic heterocycles. The summed E-state index contributed by atoms with van der Waals surface area (Å²) in [5, 5.41) is 25.3. The molecule has 0 radical (unpaired) electrons. The van der Waals surface area contributed by atoms with E-state index in [0.29, 0.717) is 12.4 Å². The first kappa shape index (κ1) is 29.6. The molecule has 1 aliphatic rings. The summed E-state index contributed by atoms with van der Waals surface area (Å²) in [6.07, 6.45) is 3.96. The van der Waals surface area contributed by atoms with Crippen LogP contribution in [0.5, 0.6) is 0 Å². The molecule has 0 saturated carbocycles. The average Bonchev–Trinajstić information content (AvgIpc) is 3.39. The van der Waals surface area contributed by atoms with Gasteiger partial charge in [0.15, 0.2) is 5.82 Å². The van der Waals surface area contributed by atoms with Crippen LogP contribution in [0.1, 0.15) is 51.8 Å². The van der Waals surface area contributed by atoms with Gasteiger partial charge in [-0.05, 0) is 43.2 Å². The smallest absolute Gasteiger partial charge is 0.367 e. The zero-order chi connectivity index (χ0) is 25.4. The Balaban J connectivity index is 0.000000877. The Labute approximate surface area is 195 Å². The largest absolute Gasteiger partial charge is 0.481 e. The molecule has 0 aromatic carbocycles. The number of carbonyl (C=O) groups excluding carboxylic acids is 1. The van der Waals surface area contributed by atoms with Gasteiger partial charge in [-0.2, -0.15) is 5.10 Å². The van der Waals surface area contributed by atoms with E-state index in [-0.39, 0.29) is 17.5 Å². The number of hydrogen-bond acceptors (Lipinski definition) is 10. The predicted octanol–water partition coefficient (Wildman–Crippen LogP) is 3.13. The summed E-state index contributed by atoms with van der Waals surface area (Å²) >= 11 is 1.21. The minimum Gasteiger partial charge on any atom is -0.481 e. The molecule has 4 N–H and O–H groups in total. The molecule has 1 saturated heterocycles. The Morgan fingerprint density at radius 1 is 1.27 bits per heavy atom. The zero-order valence-corrected chi connectivity index (χ0v) is 19.5. The third-order valence-electron chi connectivity index (χ3n) is 3.76. The molecule has 2 unspecified atom stereocenters. The van der Waals surface area contributed by atoms with E-state index < -0.39 is 11.9 Å². The van der Waals surface area contributed by atoms with Crippen molar-refractivity contribution in [3.8, 4) is 6.57 Å². The molecule has 3 heterocycles. The van der Waals surface area contributed by atoms with Crippen molar-refractivity contribution in [2.24, 2.45) is 0 Å². The highest BCUT2D eigenvalue weighted by Crippen LogP contribution is 2.34. The lowest BCUT2D eigenvalue weighted by Gasteiger charge is -2.14. The first-order chi connectivity index (χ1) is 15.6. The van der Waals surface area contributed by atoms with E-state index in [2.05, 4.69) is 16.7 Å². The average molecular weight is 484 g/mol. The van der Waals surface area contributed by atoms with E-state index >= 15 is 0 Å². The number of carbonyl (C=O) groups is 3. The van der Waals surface area contributed by atoms with E-state index in [1.165, 1.54) is 18.1 Å². The summed E-state index contributed by atoms with van der Waals surface area (Å²) in [4.78, 5) is 33.5. The third kappa shape index (κ3) is 11.7. The van der Waals surface area contributed by atoms with E-state index in [4.69, 9.17) is 40.3 Å². The van der Waals surface area contributed by atoms with Crippen LogP contribution in [0.25, 0.3) is 5.52 Å². The first-order valence-electron chi connectivity index (χ1n) is 9.83. The van der Waals surface area contributed by atoms with Gasteiger partial charge in [0.05, 0.1) is 11.8 Å². The van der Waals surface area contributed by atoms with E-state index in [1.54, 1.807) is 4.52 Å². The molecule has 13 heteroatoms. The Bertz CT molecular complexity index is 899. The second kappa shape index (κ2) is 16.3. The van der Waals surface area contributed by atoms with Gasteiger partial charge in [0, 0.05) is 26.2 Å². The Kier molecular flexibility index (Phi) is 14.6. The van der Waals surface area contributed by atoms with Crippen molar-refractivity contribution in [2.75, 3.05) is 18.1 Å². The number of ether oxygens (including phenoxy) is 2. The van der Waals surface area contributed by atoms with Gasteiger partial charge in [0.1, 0.15) is 24.6 Å². The number of fused-ring (bicyclic) bond motifs is 1. The van der Waals surface area contributed by atoms with Crippen LogP contribution in [0.3, 0.4) is 0 Å². The SMILES string of the molecule is C#N.CC(=O)O.CC(=O)O.CCCSC(=O)OCC1CCC(c2ccc3c(N)ncnn23)O1. The van der Waals surface area contributed by atoms with Gasteiger partial charge in [-0.25, -0.2) is 19.6 Å². The Morgan fingerprint density at radius 2 is 1.88 bits per heavy atom. The van der Waals surface area contributed by atoms with Crippen LogP contribution in [0.2, 0.25) is 0 Å². The molecule has 3 rings (SSSR count). The number of anilines is 1. The van der Waals surface area contributed by atoms with Crippen LogP contribution in [-0.4, -0.2) is 60.5 Å². The second-order valence-electron chi connectivity index (χ2n) is 6.47. The molecule has 0 amide bonds. The normalized spacial score (nSPS) is 16.2. The number of aromatic nitrogens is 3. The topological polar surface area (TPSA) is 190 Å². The number of nitriles is 1. The van der Waals surface area contributed by atoms with Crippen molar-refractivity contribution in [3.63, 3.8) is 0 Å². The lowest BCUT2D eigenvalue weighted by Crippen LogP contribution is -2.17. The van der Waals surface area contributed by atoms with Gasteiger partial charge in [0.2, 0.25) is 0 Å². The first-order valence-corrected chi connectivity index (χ1v) is 10.8. The van der Waals surface area contributed by atoms with Gasteiger partial charge in [-0.3, -0.25) is 9.59 Å². The number of rotatable bonds is 5. The number of nitrogen functional groups attached to an aromatic ring is 1. The molecule has 0 spiro atoms. The number of carboxylic acids is 2. The van der Waals surface area contributed by atoms with Crippen molar-refractivity contribution >= 4 is 40.3 Å². The molecule has 0 bridgehead atoms. The Hall–Kier alpha value is -3.37. The monoisotopic (exact) mass is 483 g/mol. The fourth-order valence-corrected chi connectivity index (χ4v) is 3.17. The van der Waals surface area contributed by atoms with Gasteiger partial charge in [-0.1, -0.05) is 6.92 Å². The molecule has 0 aliphatic carbocycles. The van der Waals surface area contributed by atoms with Crippen LogP contribution < -0.4 is 5.73 Å². The maximum absolute atomic E-state index is 11.5. The fourth-order valence-electron chi connectivity index (χ4n) is 2.65. The number of nitrogens with zero attached hydrogens (tertiary/aromatic N) is 4. The summed E-state index contributed by atoms with van der Waals surface area (Å²) in [6, 6.07) is 3.85. The Morgan fingerprint density at radius 3 is 2.45 bits per heavy atom. The molecule has 182 valence electrons. The van der Waals surface area contributed by atoms with Crippen molar-refractivity contribution in [2.45, 2.75) is 52.2 Å². The molecular formula is C20H29N5O7S. The maximum atomic E-state index is 11.5. The quantitative estimate of drug-likeness (QED) is 0.527. The molecule has 2 aromatic heterocycles. The predicted molar refractivity (Wildman–Crippen MR) is 122 cm³/mol. The highest BCUT2D eigenvalue weighted by molar-refractivity contribution is 8.13. The molecule has 2 atom stereocenters. The number of nitrogens with two attached hydrogens (primary N) is 1. The minimum atomic E-state index is -0.833. The highest BCUT2D eigenvalue weighted by Gasteiger charge is 2.29. The van der Waals surface area contributed by atoms with Gasteiger partial charge in [0.25, 0.3) is 11.9 Å². The number of carboxylic acid groups (broad SMARTS) is 2. The zero-order valence-electron chi connectivity index (χ0n) is 18.7. The molecule has 2 aromatic rings. The molecule has 12 nitrogen and oxygen atoms in total. The van der Waals surface area contributed by atoms with Crippen LogP contribution in [-0.2, 0) is 19.1 Å². The fraction of sp³-hybridized carbons (Fsp3) is 0.500. The van der Waals surface area contributed by atoms with Crippen LogP contribution in [0, 0.1) is 11.8 Å². The van der Waals surface area contributed by atoms with Crippen molar-refractivity contribution < 1.29 is 34.1 Å².